The number of nitrogens with two attached hydrogens (primary N) is 1. The third-order valence-corrected chi connectivity index (χ3v) is 2.55. The fourth-order valence-corrected chi connectivity index (χ4v) is 1.46. The first-order valence-corrected chi connectivity index (χ1v) is 5.87. The Labute approximate surface area is 112 Å². The molecule has 0 saturated carbocycles. The fraction of sp³-hybridized carbons (Fsp3) is 0.357. The SMILES string of the molecule is C#CCC(N)C(=O)N(C)CCOc1ccccc1F. The first kappa shape index (κ1) is 15.0. The van der Waals surface area contributed by atoms with Crippen LogP contribution in [0.15, 0.2) is 24.3 Å². The maximum atomic E-state index is 13.3. The maximum absolute atomic E-state index is 13.3. The lowest BCUT2D eigenvalue weighted by molar-refractivity contribution is -0.131. The molecule has 0 aliphatic rings. The zero-order chi connectivity index (χ0) is 14.3. The number of hydrogen-bond donors (Lipinski definition) is 1. The van der Waals surface area contributed by atoms with E-state index >= 15 is 0 Å². The highest BCUT2D eigenvalue weighted by atomic mass is 19.1. The van der Waals surface area contributed by atoms with Crippen molar-refractivity contribution in [2.24, 2.45) is 5.73 Å². The second-order valence-corrected chi connectivity index (χ2v) is 4.05. The summed E-state index contributed by atoms with van der Waals surface area (Å²) in [5.74, 6) is 1.82. The van der Waals surface area contributed by atoms with Gasteiger partial charge in [0.1, 0.15) is 6.61 Å². The number of hydrogen-bond acceptors (Lipinski definition) is 3. The summed E-state index contributed by atoms with van der Waals surface area (Å²) in [6.07, 6.45) is 5.28. The van der Waals surface area contributed by atoms with Crippen LogP contribution in [0.1, 0.15) is 6.42 Å². The summed E-state index contributed by atoms with van der Waals surface area (Å²) in [4.78, 5) is 13.1. The number of halogens is 1. The zero-order valence-corrected chi connectivity index (χ0v) is 10.8. The Morgan fingerprint density at radius 3 is 2.89 bits per heavy atom. The van der Waals surface area contributed by atoms with Crippen molar-refractivity contribution in [3.63, 3.8) is 0 Å². The molecular weight excluding hydrogens is 247 g/mol. The van der Waals surface area contributed by atoms with Gasteiger partial charge in [0.25, 0.3) is 0 Å². The number of benzene rings is 1. The van der Waals surface area contributed by atoms with Crippen LogP contribution in [0.5, 0.6) is 5.75 Å². The molecule has 0 heterocycles. The average molecular weight is 264 g/mol. The van der Waals surface area contributed by atoms with Gasteiger partial charge in [-0.15, -0.1) is 12.3 Å². The van der Waals surface area contributed by atoms with Crippen LogP contribution in [-0.4, -0.2) is 37.0 Å². The molecule has 1 aromatic carbocycles. The average Bonchev–Trinajstić information content (AvgIpc) is 2.40. The van der Waals surface area contributed by atoms with E-state index in [1.165, 1.54) is 17.0 Å². The van der Waals surface area contributed by atoms with Crippen LogP contribution in [0.25, 0.3) is 0 Å². The van der Waals surface area contributed by atoms with E-state index in [-0.39, 0.29) is 24.7 Å². The lowest BCUT2D eigenvalue weighted by Gasteiger charge is -2.20. The van der Waals surface area contributed by atoms with E-state index in [9.17, 15) is 9.18 Å². The van der Waals surface area contributed by atoms with Crippen molar-refractivity contribution in [3.8, 4) is 18.1 Å². The van der Waals surface area contributed by atoms with E-state index in [4.69, 9.17) is 16.9 Å². The van der Waals surface area contributed by atoms with Gasteiger partial charge in [-0.25, -0.2) is 4.39 Å². The minimum atomic E-state index is -0.705. The lowest BCUT2D eigenvalue weighted by Crippen LogP contribution is -2.43. The third kappa shape index (κ3) is 4.60. The number of carbonyl (C=O) groups excluding carboxylic acids is 1. The van der Waals surface area contributed by atoms with E-state index in [2.05, 4.69) is 5.92 Å². The van der Waals surface area contributed by atoms with Crippen LogP contribution in [0, 0.1) is 18.2 Å². The van der Waals surface area contributed by atoms with Crippen LogP contribution in [0.3, 0.4) is 0 Å². The normalized spacial score (nSPS) is 11.5. The lowest BCUT2D eigenvalue weighted by atomic mass is 10.2. The number of rotatable bonds is 6. The number of terminal acetylenes is 1. The fourth-order valence-electron chi connectivity index (χ4n) is 1.46. The van der Waals surface area contributed by atoms with Crippen molar-refractivity contribution in [3.05, 3.63) is 30.1 Å². The first-order chi connectivity index (χ1) is 9.06. The number of nitrogens with zero attached hydrogens (tertiary/aromatic N) is 1. The molecule has 4 nitrogen and oxygen atoms in total. The molecule has 2 N–H and O–H groups in total. The molecule has 1 amide bonds. The standard InChI is InChI=1S/C14H17FN2O2/c1-3-6-12(16)14(18)17(2)9-10-19-13-8-5-4-7-11(13)15/h1,4-5,7-8,12H,6,9-10,16H2,2H3. The van der Waals surface area contributed by atoms with Crippen molar-refractivity contribution in [1.82, 2.24) is 4.90 Å². The molecule has 0 radical (unpaired) electrons. The number of para-hydroxylation sites is 1. The summed E-state index contributed by atoms with van der Waals surface area (Å²) >= 11 is 0. The quantitative estimate of drug-likeness (QED) is 0.780. The van der Waals surface area contributed by atoms with Gasteiger partial charge in [0, 0.05) is 13.5 Å². The Balaban J connectivity index is 2.39. The van der Waals surface area contributed by atoms with Gasteiger partial charge in [0.2, 0.25) is 5.91 Å². The largest absolute Gasteiger partial charge is 0.489 e. The first-order valence-electron chi connectivity index (χ1n) is 5.87. The zero-order valence-electron chi connectivity index (χ0n) is 10.8. The number of amides is 1. The van der Waals surface area contributed by atoms with Crippen molar-refractivity contribution in [1.29, 1.82) is 0 Å². The second kappa shape index (κ2) is 7.39. The summed E-state index contributed by atoms with van der Waals surface area (Å²) in [7, 11) is 1.60. The van der Waals surface area contributed by atoms with E-state index in [1.54, 1.807) is 19.2 Å². The Bertz CT molecular complexity index is 471. The smallest absolute Gasteiger partial charge is 0.240 e. The number of carbonyl (C=O) groups is 1. The van der Waals surface area contributed by atoms with Crippen molar-refractivity contribution < 1.29 is 13.9 Å². The van der Waals surface area contributed by atoms with Crippen molar-refractivity contribution >= 4 is 5.91 Å². The van der Waals surface area contributed by atoms with Gasteiger partial charge in [-0.3, -0.25) is 4.79 Å². The van der Waals surface area contributed by atoms with Crippen LogP contribution in [-0.2, 0) is 4.79 Å². The van der Waals surface area contributed by atoms with Crippen LogP contribution in [0.2, 0.25) is 0 Å². The highest BCUT2D eigenvalue weighted by Crippen LogP contribution is 2.14. The third-order valence-electron chi connectivity index (χ3n) is 2.55. The monoisotopic (exact) mass is 264 g/mol. The maximum Gasteiger partial charge on any atom is 0.240 e. The summed E-state index contributed by atoms with van der Waals surface area (Å²) in [6.45, 7) is 0.497. The molecule has 0 aliphatic heterocycles. The molecule has 102 valence electrons. The van der Waals surface area contributed by atoms with Gasteiger partial charge >= 0.3 is 0 Å². The highest BCUT2D eigenvalue weighted by Gasteiger charge is 2.16. The van der Waals surface area contributed by atoms with Gasteiger partial charge in [-0.05, 0) is 12.1 Å². The van der Waals surface area contributed by atoms with E-state index < -0.39 is 11.9 Å². The number of ether oxygens (including phenoxy) is 1. The van der Waals surface area contributed by atoms with Crippen LogP contribution in [0.4, 0.5) is 4.39 Å². The molecule has 0 bridgehead atoms. The minimum absolute atomic E-state index is 0.163. The van der Waals surface area contributed by atoms with Gasteiger partial charge in [0.05, 0.1) is 12.6 Å². The second-order valence-electron chi connectivity index (χ2n) is 4.05. The van der Waals surface area contributed by atoms with E-state index in [1.807, 2.05) is 0 Å². The molecule has 1 unspecified atom stereocenters. The molecule has 1 rings (SSSR count). The highest BCUT2D eigenvalue weighted by molar-refractivity contribution is 5.81. The van der Waals surface area contributed by atoms with Crippen LogP contribution >= 0.6 is 0 Å². The molecule has 19 heavy (non-hydrogen) atoms. The van der Waals surface area contributed by atoms with Crippen molar-refractivity contribution in [2.45, 2.75) is 12.5 Å². The topological polar surface area (TPSA) is 55.6 Å². The minimum Gasteiger partial charge on any atom is -0.489 e. The van der Waals surface area contributed by atoms with Gasteiger partial charge < -0.3 is 15.4 Å². The molecule has 0 fully saturated rings. The molecule has 1 aromatic rings. The van der Waals surface area contributed by atoms with E-state index in [0.29, 0.717) is 6.54 Å². The summed E-state index contributed by atoms with van der Waals surface area (Å²) in [5, 5.41) is 0. The molecule has 0 aromatic heterocycles. The predicted octanol–water partition coefficient (Wildman–Crippen LogP) is 1.01. The van der Waals surface area contributed by atoms with Crippen molar-refractivity contribution in [2.75, 3.05) is 20.2 Å². The Hall–Kier alpha value is -2.06. The summed E-state index contributed by atoms with van der Waals surface area (Å²) in [5.41, 5.74) is 5.60. The molecule has 0 saturated heterocycles. The Kier molecular flexibility index (Phi) is 5.83. The van der Waals surface area contributed by atoms with Gasteiger partial charge in [-0.2, -0.15) is 0 Å². The predicted molar refractivity (Wildman–Crippen MR) is 71.0 cm³/mol. The molecule has 5 heteroatoms. The Morgan fingerprint density at radius 2 is 2.26 bits per heavy atom. The van der Waals surface area contributed by atoms with E-state index in [0.717, 1.165) is 0 Å². The number of likely N-dealkylation sites (N-methyl/N-ethyl adjacent to an activating group) is 1. The molecular formula is C14H17FN2O2. The van der Waals surface area contributed by atoms with Crippen LogP contribution < -0.4 is 10.5 Å². The van der Waals surface area contributed by atoms with Gasteiger partial charge in [-0.1, -0.05) is 12.1 Å². The molecule has 0 spiro atoms. The Morgan fingerprint density at radius 1 is 1.58 bits per heavy atom. The summed E-state index contributed by atoms with van der Waals surface area (Å²) < 4.78 is 18.5. The van der Waals surface area contributed by atoms with Gasteiger partial charge in [0.15, 0.2) is 11.6 Å². The molecule has 0 aliphatic carbocycles. The summed E-state index contributed by atoms with van der Waals surface area (Å²) in [6, 6.07) is 5.39. The molecule has 1 atom stereocenters.